The summed E-state index contributed by atoms with van der Waals surface area (Å²) in [6, 6.07) is 24.5. The van der Waals surface area contributed by atoms with Gasteiger partial charge in [-0.05, 0) is 41.8 Å². The van der Waals surface area contributed by atoms with Crippen molar-refractivity contribution >= 4 is 22.6 Å². The maximum atomic E-state index is 12.4. The number of nitrogens with one attached hydrogen (secondary N) is 2. The second-order valence-corrected chi connectivity index (χ2v) is 8.20. The zero-order chi connectivity index (χ0) is 21.6. The highest BCUT2D eigenvalue weighted by atomic mass is 16.2. The zero-order valence-corrected chi connectivity index (χ0v) is 17.9. The smallest absolute Gasteiger partial charge is 0.251 e. The van der Waals surface area contributed by atoms with Gasteiger partial charge < -0.3 is 10.6 Å². The molecule has 1 fully saturated rings. The van der Waals surface area contributed by atoms with Gasteiger partial charge in [0.25, 0.3) is 5.91 Å². The van der Waals surface area contributed by atoms with Crippen LogP contribution < -0.4 is 10.6 Å². The molecule has 5 nitrogen and oxygen atoms in total. The summed E-state index contributed by atoms with van der Waals surface area (Å²) in [5.41, 5.74) is 1.91. The first-order valence-corrected chi connectivity index (χ1v) is 11.0. The topological polar surface area (TPSA) is 61.4 Å². The Morgan fingerprint density at radius 3 is 2.55 bits per heavy atom. The number of rotatable bonds is 7. The van der Waals surface area contributed by atoms with E-state index in [1.54, 1.807) is 0 Å². The van der Waals surface area contributed by atoms with Crippen molar-refractivity contribution in [2.75, 3.05) is 19.6 Å². The summed E-state index contributed by atoms with van der Waals surface area (Å²) in [6.07, 6.45) is 1.23. The van der Waals surface area contributed by atoms with Gasteiger partial charge in [-0.3, -0.25) is 14.5 Å². The molecule has 0 aliphatic carbocycles. The molecule has 1 aliphatic rings. The maximum Gasteiger partial charge on any atom is 0.251 e. The van der Waals surface area contributed by atoms with Gasteiger partial charge in [-0.2, -0.15) is 0 Å². The van der Waals surface area contributed by atoms with E-state index in [9.17, 15) is 9.59 Å². The van der Waals surface area contributed by atoms with Gasteiger partial charge in [0.15, 0.2) is 0 Å². The first-order valence-electron chi connectivity index (χ1n) is 11.0. The third kappa shape index (κ3) is 5.30. The number of amides is 2. The minimum absolute atomic E-state index is 0.0157. The molecule has 0 radical (unpaired) electrons. The van der Waals surface area contributed by atoms with E-state index in [0.29, 0.717) is 18.2 Å². The molecular formula is C26H29N3O2. The fourth-order valence-corrected chi connectivity index (χ4v) is 4.22. The van der Waals surface area contributed by atoms with E-state index in [1.165, 1.54) is 5.56 Å². The highest BCUT2D eigenvalue weighted by Crippen LogP contribution is 2.24. The van der Waals surface area contributed by atoms with Crippen molar-refractivity contribution in [1.29, 1.82) is 0 Å². The number of hydrogen-bond acceptors (Lipinski definition) is 3. The highest BCUT2D eigenvalue weighted by molar-refractivity contribution is 5.98. The van der Waals surface area contributed by atoms with E-state index >= 15 is 0 Å². The first-order chi connectivity index (χ1) is 15.1. The van der Waals surface area contributed by atoms with Gasteiger partial charge >= 0.3 is 0 Å². The molecule has 0 aromatic heterocycles. The van der Waals surface area contributed by atoms with Gasteiger partial charge in [-0.15, -0.1) is 0 Å². The zero-order valence-electron chi connectivity index (χ0n) is 17.9. The highest BCUT2D eigenvalue weighted by Gasteiger charge is 2.27. The van der Waals surface area contributed by atoms with Gasteiger partial charge in [0.2, 0.25) is 5.91 Å². The van der Waals surface area contributed by atoms with Crippen molar-refractivity contribution in [1.82, 2.24) is 15.5 Å². The van der Waals surface area contributed by atoms with E-state index in [0.717, 1.165) is 30.3 Å². The summed E-state index contributed by atoms with van der Waals surface area (Å²) >= 11 is 0. The molecule has 0 saturated carbocycles. The van der Waals surface area contributed by atoms with E-state index in [2.05, 4.69) is 46.7 Å². The average molecular weight is 416 g/mol. The number of carbonyl (C=O) groups excluding carboxylic acids is 2. The summed E-state index contributed by atoms with van der Waals surface area (Å²) < 4.78 is 0. The molecular weight excluding hydrogens is 386 g/mol. The average Bonchev–Trinajstić information content (AvgIpc) is 3.27. The van der Waals surface area contributed by atoms with Crippen LogP contribution in [0.4, 0.5) is 0 Å². The summed E-state index contributed by atoms with van der Waals surface area (Å²) in [5, 5.41) is 8.11. The van der Waals surface area contributed by atoms with Crippen LogP contribution in [0.1, 0.15) is 41.7 Å². The molecule has 3 aromatic carbocycles. The van der Waals surface area contributed by atoms with Gasteiger partial charge in [-0.1, -0.05) is 60.7 Å². The predicted molar refractivity (Wildman–Crippen MR) is 124 cm³/mol. The number of likely N-dealkylation sites (tertiary alicyclic amines) is 1. The van der Waals surface area contributed by atoms with Crippen molar-refractivity contribution in [2.24, 2.45) is 0 Å². The Balaban J connectivity index is 1.21. The standard InChI is InChI=1S/C26H29N3O2/c1-19(20-7-3-2-4-8-20)29-16-14-24(18-29)28-25(30)13-15-27-26(31)23-12-11-21-9-5-6-10-22(21)17-23/h2-12,17,19,24H,13-16,18H2,1H3,(H,27,31)(H,28,30). The van der Waals surface area contributed by atoms with E-state index in [-0.39, 0.29) is 24.3 Å². The molecule has 31 heavy (non-hydrogen) atoms. The molecule has 2 unspecified atom stereocenters. The minimum Gasteiger partial charge on any atom is -0.352 e. The Labute approximate surface area is 183 Å². The molecule has 1 aliphatic heterocycles. The summed E-state index contributed by atoms with van der Waals surface area (Å²) in [6.45, 7) is 4.36. The monoisotopic (exact) mass is 415 g/mol. The van der Waals surface area contributed by atoms with Crippen molar-refractivity contribution in [2.45, 2.75) is 31.8 Å². The van der Waals surface area contributed by atoms with Crippen LogP contribution in [0.25, 0.3) is 10.8 Å². The SMILES string of the molecule is CC(c1ccccc1)N1CCC(NC(=O)CCNC(=O)c2ccc3ccccc3c2)C1. The van der Waals surface area contributed by atoms with E-state index < -0.39 is 0 Å². The third-order valence-electron chi connectivity index (χ3n) is 6.06. The van der Waals surface area contributed by atoms with Crippen LogP contribution in [0.15, 0.2) is 72.8 Å². The lowest BCUT2D eigenvalue weighted by Crippen LogP contribution is -2.39. The number of nitrogens with zero attached hydrogens (tertiary/aromatic N) is 1. The Hall–Kier alpha value is -3.18. The molecule has 5 heteroatoms. The lowest BCUT2D eigenvalue weighted by molar-refractivity contribution is -0.121. The van der Waals surface area contributed by atoms with Crippen LogP contribution in [-0.2, 0) is 4.79 Å². The fourth-order valence-electron chi connectivity index (χ4n) is 4.22. The second-order valence-electron chi connectivity index (χ2n) is 8.20. The molecule has 2 N–H and O–H groups in total. The number of benzene rings is 3. The third-order valence-corrected chi connectivity index (χ3v) is 6.06. The van der Waals surface area contributed by atoms with Crippen molar-refractivity contribution in [3.63, 3.8) is 0 Å². The number of hydrogen-bond donors (Lipinski definition) is 2. The quantitative estimate of drug-likeness (QED) is 0.615. The van der Waals surface area contributed by atoms with Crippen LogP contribution in [0, 0.1) is 0 Å². The van der Waals surface area contributed by atoms with Gasteiger partial charge in [0.05, 0.1) is 0 Å². The molecule has 1 saturated heterocycles. The van der Waals surface area contributed by atoms with E-state index in [4.69, 9.17) is 0 Å². The van der Waals surface area contributed by atoms with Crippen LogP contribution >= 0.6 is 0 Å². The van der Waals surface area contributed by atoms with Crippen LogP contribution in [0.5, 0.6) is 0 Å². The molecule has 0 bridgehead atoms. The van der Waals surface area contributed by atoms with Gasteiger partial charge in [0.1, 0.15) is 0 Å². The van der Waals surface area contributed by atoms with Crippen molar-refractivity contribution in [3.05, 3.63) is 83.9 Å². The lowest BCUT2D eigenvalue weighted by atomic mass is 10.1. The molecule has 0 spiro atoms. The van der Waals surface area contributed by atoms with Crippen molar-refractivity contribution < 1.29 is 9.59 Å². The molecule has 3 aromatic rings. The van der Waals surface area contributed by atoms with Crippen molar-refractivity contribution in [3.8, 4) is 0 Å². The van der Waals surface area contributed by atoms with Crippen LogP contribution in [-0.4, -0.2) is 42.4 Å². The minimum atomic E-state index is -0.151. The van der Waals surface area contributed by atoms with E-state index in [1.807, 2.05) is 48.5 Å². The Morgan fingerprint density at radius 1 is 1.00 bits per heavy atom. The lowest BCUT2D eigenvalue weighted by Gasteiger charge is -2.24. The number of carbonyl (C=O) groups is 2. The molecule has 160 valence electrons. The summed E-state index contributed by atoms with van der Waals surface area (Å²) in [4.78, 5) is 27.2. The van der Waals surface area contributed by atoms with Crippen LogP contribution in [0.2, 0.25) is 0 Å². The first kappa shape index (κ1) is 21.1. The Bertz CT molecular complexity index is 1050. The molecule has 4 rings (SSSR count). The summed E-state index contributed by atoms with van der Waals surface area (Å²) in [7, 11) is 0. The largest absolute Gasteiger partial charge is 0.352 e. The Kier molecular flexibility index (Phi) is 6.63. The molecule has 1 heterocycles. The maximum absolute atomic E-state index is 12.4. The van der Waals surface area contributed by atoms with Gasteiger partial charge in [-0.25, -0.2) is 0 Å². The second kappa shape index (κ2) is 9.75. The fraction of sp³-hybridized carbons (Fsp3) is 0.308. The Morgan fingerprint density at radius 2 is 1.74 bits per heavy atom. The molecule has 2 amide bonds. The normalized spacial score (nSPS) is 17.4. The van der Waals surface area contributed by atoms with Gasteiger partial charge in [0, 0.05) is 43.7 Å². The molecule has 2 atom stereocenters. The summed E-state index contributed by atoms with van der Waals surface area (Å²) in [5.74, 6) is -0.166. The predicted octanol–water partition coefficient (Wildman–Crippen LogP) is 3.91. The number of fused-ring (bicyclic) bond motifs is 1. The van der Waals surface area contributed by atoms with Crippen LogP contribution in [0.3, 0.4) is 0 Å².